The van der Waals surface area contributed by atoms with E-state index in [1.165, 1.54) is 0 Å². The summed E-state index contributed by atoms with van der Waals surface area (Å²) in [4.78, 5) is 0. The van der Waals surface area contributed by atoms with Crippen molar-refractivity contribution in [2.75, 3.05) is 11.6 Å². The maximum Gasteiger partial charge on any atom is 0.214 e. The highest BCUT2D eigenvalue weighted by Gasteiger charge is 2.26. The topological polar surface area (TPSA) is 37.4 Å². The van der Waals surface area contributed by atoms with Gasteiger partial charge in [-0.3, -0.25) is 0 Å². The Morgan fingerprint density at radius 1 is 1.16 bits per heavy atom. The zero-order valence-corrected chi connectivity index (χ0v) is 13.3. The van der Waals surface area contributed by atoms with E-state index in [0.29, 0.717) is 12.4 Å². The van der Waals surface area contributed by atoms with Crippen LogP contribution in [0, 0.1) is 5.92 Å². The SMILES string of the molecule is CC(CCl)CS(=O)(=O)N(Cc1ccccc1)C(C)C. The summed E-state index contributed by atoms with van der Waals surface area (Å²) >= 11 is 5.72. The molecule has 0 fully saturated rings. The highest BCUT2D eigenvalue weighted by atomic mass is 35.5. The van der Waals surface area contributed by atoms with Crippen molar-refractivity contribution in [3.63, 3.8) is 0 Å². The number of halogens is 1. The Bertz CT molecular complexity index is 473. The van der Waals surface area contributed by atoms with Crippen LogP contribution in [0.3, 0.4) is 0 Å². The van der Waals surface area contributed by atoms with Gasteiger partial charge in [-0.1, -0.05) is 37.3 Å². The molecule has 0 amide bonds. The maximum absolute atomic E-state index is 12.4. The maximum atomic E-state index is 12.4. The Balaban J connectivity index is 2.89. The molecule has 0 saturated heterocycles. The summed E-state index contributed by atoms with van der Waals surface area (Å²) in [6.45, 7) is 6.05. The zero-order chi connectivity index (χ0) is 14.5. The van der Waals surface area contributed by atoms with Gasteiger partial charge in [0.2, 0.25) is 10.0 Å². The molecule has 3 nitrogen and oxygen atoms in total. The van der Waals surface area contributed by atoms with Crippen LogP contribution in [0.5, 0.6) is 0 Å². The summed E-state index contributed by atoms with van der Waals surface area (Å²) in [7, 11) is -3.28. The molecule has 1 aromatic rings. The molecule has 19 heavy (non-hydrogen) atoms. The molecule has 0 saturated carbocycles. The minimum absolute atomic E-state index is 0.0382. The van der Waals surface area contributed by atoms with Crippen molar-refractivity contribution in [2.45, 2.75) is 33.4 Å². The van der Waals surface area contributed by atoms with E-state index in [1.54, 1.807) is 4.31 Å². The Morgan fingerprint density at radius 3 is 2.21 bits per heavy atom. The summed E-state index contributed by atoms with van der Waals surface area (Å²) in [5, 5.41) is 0. The van der Waals surface area contributed by atoms with Gasteiger partial charge in [-0.15, -0.1) is 11.6 Å². The van der Waals surface area contributed by atoms with Crippen molar-refractivity contribution in [3.05, 3.63) is 35.9 Å². The van der Waals surface area contributed by atoms with E-state index < -0.39 is 10.0 Å². The fourth-order valence-corrected chi connectivity index (χ4v) is 4.12. The average Bonchev–Trinajstić information content (AvgIpc) is 2.36. The average molecular weight is 304 g/mol. The van der Waals surface area contributed by atoms with Gasteiger partial charge in [0.1, 0.15) is 0 Å². The van der Waals surface area contributed by atoms with Gasteiger partial charge >= 0.3 is 0 Å². The Hall–Kier alpha value is -0.580. The minimum atomic E-state index is -3.28. The summed E-state index contributed by atoms with van der Waals surface area (Å²) in [6.07, 6.45) is 0. The van der Waals surface area contributed by atoms with E-state index in [9.17, 15) is 8.42 Å². The molecule has 1 aromatic carbocycles. The molecule has 1 unspecified atom stereocenters. The van der Waals surface area contributed by atoms with Gasteiger partial charge in [0.15, 0.2) is 0 Å². The van der Waals surface area contributed by atoms with Crippen molar-refractivity contribution in [1.82, 2.24) is 4.31 Å². The second-order valence-corrected chi connectivity index (χ2v) is 7.44. The highest BCUT2D eigenvalue weighted by molar-refractivity contribution is 7.89. The lowest BCUT2D eigenvalue weighted by Gasteiger charge is -2.27. The van der Waals surface area contributed by atoms with Crippen LogP contribution in [0.15, 0.2) is 30.3 Å². The number of alkyl halides is 1. The molecule has 0 aromatic heterocycles. The first-order valence-electron chi connectivity index (χ1n) is 6.46. The normalized spacial score (nSPS) is 14.0. The van der Waals surface area contributed by atoms with Crippen LogP contribution in [0.1, 0.15) is 26.3 Å². The first-order chi connectivity index (χ1) is 8.86. The van der Waals surface area contributed by atoms with Crippen molar-refractivity contribution in [3.8, 4) is 0 Å². The zero-order valence-electron chi connectivity index (χ0n) is 11.7. The third-order valence-electron chi connectivity index (χ3n) is 2.87. The van der Waals surface area contributed by atoms with Crippen molar-refractivity contribution < 1.29 is 8.42 Å². The number of hydrogen-bond donors (Lipinski definition) is 0. The highest BCUT2D eigenvalue weighted by Crippen LogP contribution is 2.16. The fraction of sp³-hybridized carbons (Fsp3) is 0.571. The van der Waals surface area contributed by atoms with Gasteiger partial charge in [-0.2, -0.15) is 4.31 Å². The monoisotopic (exact) mass is 303 g/mol. The van der Waals surface area contributed by atoms with Gasteiger partial charge in [-0.05, 0) is 25.3 Å². The molecule has 0 aliphatic carbocycles. The minimum Gasteiger partial charge on any atom is -0.212 e. The third kappa shape index (κ3) is 5.13. The summed E-state index contributed by atoms with van der Waals surface area (Å²) in [5.74, 6) is 0.418. The predicted molar refractivity (Wildman–Crippen MR) is 80.8 cm³/mol. The molecule has 108 valence electrons. The largest absolute Gasteiger partial charge is 0.214 e. The standard InChI is InChI=1S/C14H22ClNO2S/c1-12(2)16(10-14-7-5-4-6-8-14)19(17,18)11-13(3)9-15/h4-8,12-13H,9-11H2,1-3H3. The van der Waals surface area contributed by atoms with Crippen molar-refractivity contribution in [2.24, 2.45) is 5.92 Å². The van der Waals surface area contributed by atoms with Gasteiger partial charge < -0.3 is 0 Å². The quantitative estimate of drug-likeness (QED) is 0.726. The van der Waals surface area contributed by atoms with Gasteiger partial charge in [-0.25, -0.2) is 8.42 Å². The number of nitrogens with zero attached hydrogens (tertiary/aromatic N) is 1. The molecule has 1 atom stereocenters. The molecule has 0 N–H and O–H groups in total. The van der Waals surface area contributed by atoms with Crippen LogP contribution in [0.4, 0.5) is 0 Å². The van der Waals surface area contributed by atoms with Crippen LogP contribution in [-0.4, -0.2) is 30.4 Å². The van der Waals surface area contributed by atoms with Crippen LogP contribution in [0.25, 0.3) is 0 Å². The first kappa shape index (κ1) is 16.5. The molecule has 5 heteroatoms. The molecular formula is C14H22ClNO2S. The third-order valence-corrected chi connectivity index (χ3v) is 5.66. The van der Waals surface area contributed by atoms with Crippen LogP contribution < -0.4 is 0 Å². The van der Waals surface area contributed by atoms with Crippen LogP contribution in [0.2, 0.25) is 0 Å². The van der Waals surface area contributed by atoms with Gasteiger partial charge in [0, 0.05) is 18.5 Å². The first-order valence-corrected chi connectivity index (χ1v) is 8.60. The smallest absolute Gasteiger partial charge is 0.212 e. The Morgan fingerprint density at radius 2 is 1.74 bits per heavy atom. The van der Waals surface area contributed by atoms with E-state index in [2.05, 4.69) is 0 Å². The van der Waals surface area contributed by atoms with E-state index in [4.69, 9.17) is 11.6 Å². The number of hydrogen-bond acceptors (Lipinski definition) is 2. The molecule has 1 rings (SSSR count). The molecule has 0 spiro atoms. The van der Waals surface area contributed by atoms with Gasteiger partial charge in [0.05, 0.1) is 5.75 Å². The predicted octanol–water partition coefficient (Wildman–Crippen LogP) is 3.10. The van der Waals surface area contributed by atoms with E-state index in [-0.39, 0.29) is 17.7 Å². The lowest BCUT2D eigenvalue weighted by Crippen LogP contribution is -2.39. The van der Waals surface area contributed by atoms with Crippen LogP contribution in [-0.2, 0) is 16.6 Å². The number of rotatable bonds is 7. The molecule has 0 heterocycles. The molecule has 0 bridgehead atoms. The Labute approximate surface area is 121 Å². The van der Waals surface area contributed by atoms with Crippen molar-refractivity contribution in [1.29, 1.82) is 0 Å². The van der Waals surface area contributed by atoms with Crippen molar-refractivity contribution >= 4 is 21.6 Å². The summed E-state index contributed by atoms with van der Waals surface area (Å²) in [5.41, 5.74) is 0.998. The second-order valence-electron chi connectivity index (χ2n) is 5.16. The van der Waals surface area contributed by atoms with E-state index >= 15 is 0 Å². The Kier molecular flexibility index (Phi) is 6.30. The van der Waals surface area contributed by atoms with Crippen LogP contribution >= 0.6 is 11.6 Å². The molecule has 0 aliphatic rings. The lowest BCUT2D eigenvalue weighted by atomic mass is 10.2. The molecular weight excluding hydrogens is 282 g/mol. The lowest BCUT2D eigenvalue weighted by molar-refractivity contribution is 0.346. The molecule has 0 radical (unpaired) electrons. The summed E-state index contributed by atoms with van der Waals surface area (Å²) < 4.78 is 26.4. The molecule has 0 aliphatic heterocycles. The summed E-state index contributed by atoms with van der Waals surface area (Å²) in [6, 6.07) is 9.58. The van der Waals surface area contributed by atoms with E-state index in [0.717, 1.165) is 5.56 Å². The van der Waals surface area contributed by atoms with Gasteiger partial charge in [0.25, 0.3) is 0 Å². The number of benzene rings is 1. The van der Waals surface area contributed by atoms with E-state index in [1.807, 2.05) is 51.1 Å². The number of sulfonamides is 1. The fourth-order valence-electron chi connectivity index (χ4n) is 1.87. The second kappa shape index (κ2) is 7.27.